The topological polar surface area (TPSA) is 94.5 Å². The second kappa shape index (κ2) is 10.6. The first-order valence-corrected chi connectivity index (χ1v) is 10.1. The molecule has 0 unspecified atom stereocenters. The largest absolute Gasteiger partial charge is 0.490 e. The molecule has 1 heterocycles. The summed E-state index contributed by atoms with van der Waals surface area (Å²) < 4.78 is 11.8. The van der Waals surface area contributed by atoms with Gasteiger partial charge in [0.15, 0.2) is 11.4 Å². The molecule has 3 rings (SSSR count). The predicted molar refractivity (Wildman–Crippen MR) is 120 cm³/mol. The SMILES string of the molecule is CCOc1cnn(-c2ccc(Cl)cc2)c(=O)c1Nc1ccc(C(=O)NCCOC)cc1. The molecule has 9 heteroatoms. The van der Waals surface area contributed by atoms with Gasteiger partial charge in [-0.1, -0.05) is 11.6 Å². The molecule has 1 amide bonds. The van der Waals surface area contributed by atoms with Crippen LogP contribution in [0.2, 0.25) is 5.02 Å². The molecule has 0 fully saturated rings. The Bertz CT molecular complexity index is 1080. The number of nitrogens with zero attached hydrogens (tertiary/aromatic N) is 2. The van der Waals surface area contributed by atoms with Crippen molar-refractivity contribution in [2.75, 3.05) is 32.2 Å². The van der Waals surface area contributed by atoms with E-state index in [-0.39, 0.29) is 17.2 Å². The van der Waals surface area contributed by atoms with E-state index in [0.717, 1.165) is 0 Å². The quantitative estimate of drug-likeness (QED) is 0.493. The number of hydrogen-bond acceptors (Lipinski definition) is 6. The van der Waals surface area contributed by atoms with Gasteiger partial charge in [-0.3, -0.25) is 9.59 Å². The first kappa shape index (κ1) is 22.3. The smallest absolute Gasteiger partial charge is 0.299 e. The highest BCUT2D eigenvalue weighted by Gasteiger charge is 2.15. The van der Waals surface area contributed by atoms with Crippen LogP contribution in [-0.2, 0) is 4.74 Å². The predicted octanol–water partition coefficient (Wildman–Crippen LogP) is 3.40. The molecule has 0 spiro atoms. The number of halogens is 1. The Morgan fingerprint density at radius 1 is 1.13 bits per heavy atom. The Balaban J connectivity index is 1.87. The lowest BCUT2D eigenvalue weighted by molar-refractivity contribution is 0.0937. The van der Waals surface area contributed by atoms with Crippen LogP contribution in [0.15, 0.2) is 59.5 Å². The van der Waals surface area contributed by atoms with E-state index in [4.69, 9.17) is 21.1 Å². The highest BCUT2D eigenvalue weighted by Crippen LogP contribution is 2.24. The Hall–Kier alpha value is -3.36. The zero-order chi connectivity index (χ0) is 22.2. The average Bonchev–Trinajstić information content (AvgIpc) is 2.78. The van der Waals surface area contributed by atoms with Crippen molar-refractivity contribution >= 4 is 28.9 Å². The van der Waals surface area contributed by atoms with Crippen LogP contribution in [0.25, 0.3) is 5.69 Å². The van der Waals surface area contributed by atoms with E-state index in [9.17, 15) is 9.59 Å². The van der Waals surface area contributed by atoms with Gasteiger partial charge in [0, 0.05) is 29.9 Å². The number of carbonyl (C=O) groups excluding carboxylic acids is 1. The van der Waals surface area contributed by atoms with Gasteiger partial charge >= 0.3 is 0 Å². The summed E-state index contributed by atoms with van der Waals surface area (Å²) in [7, 11) is 1.57. The van der Waals surface area contributed by atoms with Crippen molar-refractivity contribution in [3.8, 4) is 11.4 Å². The molecule has 0 aliphatic rings. The summed E-state index contributed by atoms with van der Waals surface area (Å²) >= 11 is 5.94. The second-order valence-corrected chi connectivity index (χ2v) is 6.90. The van der Waals surface area contributed by atoms with Gasteiger partial charge < -0.3 is 20.1 Å². The summed E-state index contributed by atoms with van der Waals surface area (Å²) in [6.45, 7) is 3.06. The van der Waals surface area contributed by atoms with Crippen molar-refractivity contribution in [1.82, 2.24) is 15.1 Å². The van der Waals surface area contributed by atoms with Gasteiger partial charge in [-0.2, -0.15) is 9.78 Å². The number of ether oxygens (including phenoxy) is 2. The lowest BCUT2D eigenvalue weighted by Gasteiger charge is -2.14. The highest BCUT2D eigenvalue weighted by molar-refractivity contribution is 6.30. The van der Waals surface area contributed by atoms with Crippen LogP contribution in [0.5, 0.6) is 5.75 Å². The van der Waals surface area contributed by atoms with Crippen LogP contribution in [0.3, 0.4) is 0 Å². The first-order chi connectivity index (χ1) is 15.0. The zero-order valence-corrected chi connectivity index (χ0v) is 18.0. The molecule has 0 bridgehead atoms. The van der Waals surface area contributed by atoms with Gasteiger partial charge in [0.25, 0.3) is 11.5 Å². The Labute approximate surface area is 184 Å². The number of methoxy groups -OCH3 is 1. The molecule has 162 valence electrons. The number of rotatable bonds is 9. The van der Waals surface area contributed by atoms with Gasteiger partial charge in [0.05, 0.1) is 25.1 Å². The summed E-state index contributed by atoms with van der Waals surface area (Å²) in [4.78, 5) is 25.3. The standard InChI is InChI=1S/C22H23ClN4O4/c1-3-31-19-14-25-27(18-10-6-16(23)7-11-18)22(29)20(19)26-17-8-4-15(5-9-17)21(28)24-12-13-30-2/h4-11,14,26H,3,12-13H2,1-2H3,(H,24,28). The van der Waals surface area contributed by atoms with Crippen LogP contribution in [0.1, 0.15) is 17.3 Å². The molecule has 0 aliphatic carbocycles. The van der Waals surface area contributed by atoms with Gasteiger partial charge in [0.1, 0.15) is 0 Å². The molecule has 31 heavy (non-hydrogen) atoms. The van der Waals surface area contributed by atoms with E-state index in [2.05, 4.69) is 15.7 Å². The fourth-order valence-corrected chi connectivity index (χ4v) is 2.93. The third-order valence-electron chi connectivity index (χ3n) is 4.32. The normalized spacial score (nSPS) is 10.5. The van der Waals surface area contributed by atoms with Crippen LogP contribution in [0, 0.1) is 0 Å². The molecule has 2 aromatic carbocycles. The molecule has 8 nitrogen and oxygen atoms in total. The van der Waals surface area contributed by atoms with Crippen LogP contribution in [0.4, 0.5) is 11.4 Å². The Kier molecular flexibility index (Phi) is 7.64. The summed E-state index contributed by atoms with van der Waals surface area (Å²) in [6.07, 6.45) is 1.49. The molecular weight excluding hydrogens is 420 g/mol. The molecule has 0 radical (unpaired) electrons. The van der Waals surface area contributed by atoms with E-state index < -0.39 is 0 Å². The van der Waals surface area contributed by atoms with Crippen molar-refractivity contribution in [3.63, 3.8) is 0 Å². The zero-order valence-electron chi connectivity index (χ0n) is 17.2. The lowest BCUT2D eigenvalue weighted by atomic mass is 10.2. The molecule has 0 atom stereocenters. The van der Waals surface area contributed by atoms with Crippen molar-refractivity contribution in [2.45, 2.75) is 6.92 Å². The van der Waals surface area contributed by atoms with E-state index >= 15 is 0 Å². The molecule has 0 saturated heterocycles. The number of benzene rings is 2. The van der Waals surface area contributed by atoms with E-state index in [0.29, 0.717) is 47.5 Å². The number of aromatic nitrogens is 2. The van der Waals surface area contributed by atoms with E-state index in [1.807, 2.05) is 6.92 Å². The maximum atomic E-state index is 13.1. The summed E-state index contributed by atoms with van der Waals surface area (Å²) in [6, 6.07) is 13.6. The summed E-state index contributed by atoms with van der Waals surface area (Å²) in [5, 5.41) is 10.6. The summed E-state index contributed by atoms with van der Waals surface area (Å²) in [5.74, 6) is 0.131. The number of anilines is 2. The molecule has 2 N–H and O–H groups in total. The first-order valence-electron chi connectivity index (χ1n) is 9.68. The Morgan fingerprint density at radius 2 is 1.84 bits per heavy atom. The average molecular weight is 443 g/mol. The van der Waals surface area contributed by atoms with Crippen LogP contribution < -0.4 is 20.9 Å². The number of hydrogen-bond donors (Lipinski definition) is 2. The molecule has 0 saturated carbocycles. The summed E-state index contributed by atoms with van der Waals surface area (Å²) in [5.41, 5.74) is 1.56. The molecule has 1 aromatic heterocycles. The molecule has 0 aliphatic heterocycles. The number of amides is 1. The fraction of sp³-hybridized carbons (Fsp3) is 0.227. The van der Waals surface area contributed by atoms with Crippen molar-refractivity contribution < 1.29 is 14.3 Å². The van der Waals surface area contributed by atoms with Crippen LogP contribution >= 0.6 is 11.6 Å². The molecule has 3 aromatic rings. The fourth-order valence-electron chi connectivity index (χ4n) is 2.80. The van der Waals surface area contributed by atoms with E-state index in [1.165, 1.54) is 10.9 Å². The van der Waals surface area contributed by atoms with Gasteiger partial charge in [0.2, 0.25) is 0 Å². The highest BCUT2D eigenvalue weighted by atomic mass is 35.5. The third kappa shape index (κ3) is 5.62. The van der Waals surface area contributed by atoms with Gasteiger partial charge in [-0.25, -0.2) is 0 Å². The monoisotopic (exact) mass is 442 g/mol. The number of carbonyl (C=O) groups is 1. The van der Waals surface area contributed by atoms with Crippen molar-refractivity contribution in [1.29, 1.82) is 0 Å². The lowest BCUT2D eigenvalue weighted by Crippen LogP contribution is -2.26. The van der Waals surface area contributed by atoms with Crippen molar-refractivity contribution in [2.24, 2.45) is 0 Å². The van der Waals surface area contributed by atoms with Gasteiger partial charge in [-0.05, 0) is 55.5 Å². The van der Waals surface area contributed by atoms with Crippen molar-refractivity contribution in [3.05, 3.63) is 75.7 Å². The van der Waals surface area contributed by atoms with Crippen LogP contribution in [-0.4, -0.2) is 42.6 Å². The minimum atomic E-state index is -0.380. The maximum absolute atomic E-state index is 13.1. The maximum Gasteiger partial charge on any atom is 0.299 e. The number of nitrogens with one attached hydrogen (secondary N) is 2. The Morgan fingerprint density at radius 3 is 2.48 bits per heavy atom. The molecular formula is C22H23ClN4O4. The van der Waals surface area contributed by atoms with Gasteiger partial charge in [-0.15, -0.1) is 0 Å². The minimum absolute atomic E-state index is 0.201. The van der Waals surface area contributed by atoms with E-state index in [1.54, 1.807) is 55.6 Å². The minimum Gasteiger partial charge on any atom is -0.490 e. The second-order valence-electron chi connectivity index (χ2n) is 6.46. The third-order valence-corrected chi connectivity index (χ3v) is 4.57.